The average molecular weight is 215 g/mol. The lowest BCUT2D eigenvalue weighted by molar-refractivity contribution is -0.0719. The standard InChI is InChI=1S/C11H25N3O/c1-4-5-8-15-11-10(9(2)3)14(12)7-6-13-11/h9-11,13H,4-8,12H2,1-3H3. The summed E-state index contributed by atoms with van der Waals surface area (Å²) < 4.78 is 5.83. The van der Waals surface area contributed by atoms with Crippen LogP contribution in [0.4, 0.5) is 0 Å². The first kappa shape index (κ1) is 12.9. The quantitative estimate of drug-likeness (QED) is 0.529. The minimum absolute atomic E-state index is 0.0929. The molecular weight excluding hydrogens is 190 g/mol. The molecule has 0 aromatic heterocycles. The van der Waals surface area contributed by atoms with E-state index in [9.17, 15) is 0 Å². The third-order valence-corrected chi connectivity index (χ3v) is 2.89. The van der Waals surface area contributed by atoms with Crippen LogP contribution in [0.2, 0.25) is 0 Å². The van der Waals surface area contributed by atoms with Crippen LogP contribution < -0.4 is 11.2 Å². The molecule has 90 valence electrons. The molecule has 1 rings (SSSR count). The molecule has 2 unspecified atom stereocenters. The van der Waals surface area contributed by atoms with Crippen molar-refractivity contribution in [3.8, 4) is 0 Å². The van der Waals surface area contributed by atoms with Gasteiger partial charge in [-0.05, 0) is 12.3 Å². The van der Waals surface area contributed by atoms with E-state index in [1.807, 2.05) is 5.01 Å². The molecule has 3 N–H and O–H groups in total. The highest BCUT2D eigenvalue weighted by molar-refractivity contribution is 4.83. The summed E-state index contributed by atoms with van der Waals surface area (Å²) in [6, 6.07) is 0.288. The first-order chi connectivity index (χ1) is 7.16. The van der Waals surface area contributed by atoms with Crippen molar-refractivity contribution < 1.29 is 4.74 Å². The summed E-state index contributed by atoms with van der Waals surface area (Å²) in [5.74, 6) is 6.50. The monoisotopic (exact) mass is 215 g/mol. The van der Waals surface area contributed by atoms with Gasteiger partial charge in [-0.2, -0.15) is 0 Å². The Morgan fingerprint density at radius 3 is 2.87 bits per heavy atom. The van der Waals surface area contributed by atoms with Crippen LogP contribution in [0.5, 0.6) is 0 Å². The number of piperazine rings is 1. The highest BCUT2D eigenvalue weighted by Crippen LogP contribution is 2.16. The number of hydrazine groups is 1. The van der Waals surface area contributed by atoms with Crippen molar-refractivity contribution in [2.24, 2.45) is 11.8 Å². The van der Waals surface area contributed by atoms with Gasteiger partial charge < -0.3 is 4.74 Å². The van der Waals surface area contributed by atoms with Crippen LogP contribution in [-0.2, 0) is 4.74 Å². The SMILES string of the molecule is CCCCOC1NCCN(N)C1C(C)C. The van der Waals surface area contributed by atoms with Crippen LogP contribution in [0.25, 0.3) is 0 Å². The second kappa shape index (κ2) is 6.43. The van der Waals surface area contributed by atoms with Crippen LogP contribution in [-0.4, -0.2) is 37.0 Å². The Kier molecular flexibility index (Phi) is 5.53. The zero-order chi connectivity index (χ0) is 11.3. The molecule has 0 aromatic rings. The van der Waals surface area contributed by atoms with Gasteiger partial charge in [0.25, 0.3) is 0 Å². The molecule has 0 spiro atoms. The number of hydrogen-bond donors (Lipinski definition) is 2. The molecule has 0 aromatic carbocycles. The molecular formula is C11H25N3O. The van der Waals surface area contributed by atoms with E-state index in [2.05, 4.69) is 26.1 Å². The van der Waals surface area contributed by atoms with E-state index < -0.39 is 0 Å². The zero-order valence-electron chi connectivity index (χ0n) is 10.2. The molecule has 0 aliphatic carbocycles. The summed E-state index contributed by atoms with van der Waals surface area (Å²) in [6.07, 6.45) is 2.38. The van der Waals surface area contributed by atoms with Gasteiger partial charge in [-0.25, -0.2) is 5.01 Å². The van der Waals surface area contributed by atoms with Crippen molar-refractivity contribution in [3.63, 3.8) is 0 Å². The van der Waals surface area contributed by atoms with Crippen molar-refractivity contribution in [2.45, 2.75) is 45.9 Å². The van der Waals surface area contributed by atoms with Crippen LogP contribution in [0.3, 0.4) is 0 Å². The first-order valence-corrected chi connectivity index (χ1v) is 6.03. The minimum atomic E-state index is 0.0929. The molecule has 1 saturated heterocycles. The van der Waals surface area contributed by atoms with Crippen molar-refractivity contribution in [1.29, 1.82) is 0 Å². The Morgan fingerprint density at radius 1 is 1.53 bits per heavy atom. The van der Waals surface area contributed by atoms with E-state index in [0.717, 1.165) is 26.1 Å². The van der Waals surface area contributed by atoms with E-state index in [4.69, 9.17) is 10.6 Å². The Morgan fingerprint density at radius 2 is 2.27 bits per heavy atom. The van der Waals surface area contributed by atoms with Gasteiger partial charge >= 0.3 is 0 Å². The van der Waals surface area contributed by atoms with Crippen molar-refractivity contribution in [3.05, 3.63) is 0 Å². The fourth-order valence-electron chi connectivity index (χ4n) is 2.02. The second-order valence-corrected chi connectivity index (χ2v) is 4.57. The highest BCUT2D eigenvalue weighted by atomic mass is 16.5. The lowest BCUT2D eigenvalue weighted by atomic mass is 10.0. The van der Waals surface area contributed by atoms with Gasteiger partial charge in [-0.3, -0.25) is 11.2 Å². The van der Waals surface area contributed by atoms with E-state index in [-0.39, 0.29) is 12.3 Å². The Labute approximate surface area is 93.1 Å². The Bertz CT molecular complexity index is 175. The zero-order valence-corrected chi connectivity index (χ0v) is 10.2. The molecule has 4 heteroatoms. The molecule has 0 radical (unpaired) electrons. The molecule has 1 fully saturated rings. The van der Waals surface area contributed by atoms with Gasteiger partial charge in [0.15, 0.2) is 0 Å². The van der Waals surface area contributed by atoms with Gasteiger partial charge in [0.2, 0.25) is 0 Å². The van der Waals surface area contributed by atoms with Gasteiger partial charge in [0.1, 0.15) is 6.23 Å². The first-order valence-electron chi connectivity index (χ1n) is 6.03. The number of nitrogens with zero attached hydrogens (tertiary/aromatic N) is 1. The predicted octanol–water partition coefficient (Wildman–Crippen LogP) is 0.933. The lowest BCUT2D eigenvalue weighted by Crippen LogP contribution is -2.63. The number of nitrogens with two attached hydrogens (primary N) is 1. The average Bonchev–Trinajstić information content (AvgIpc) is 2.17. The molecule has 1 aliphatic rings. The second-order valence-electron chi connectivity index (χ2n) is 4.57. The van der Waals surface area contributed by atoms with Crippen LogP contribution >= 0.6 is 0 Å². The molecule has 4 nitrogen and oxygen atoms in total. The Balaban J connectivity index is 2.43. The highest BCUT2D eigenvalue weighted by Gasteiger charge is 2.32. The van der Waals surface area contributed by atoms with E-state index in [0.29, 0.717) is 5.92 Å². The number of ether oxygens (including phenoxy) is 1. The third-order valence-electron chi connectivity index (χ3n) is 2.89. The molecule has 1 aliphatic heterocycles. The van der Waals surface area contributed by atoms with Gasteiger partial charge in [0.05, 0.1) is 6.04 Å². The summed E-state index contributed by atoms with van der Waals surface area (Å²) in [7, 11) is 0. The van der Waals surface area contributed by atoms with Crippen LogP contribution in [0.1, 0.15) is 33.6 Å². The third kappa shape index (κ3) is 3.72. The maximum atomic E-state index is 5.99. The minimum Gasteiger partial charge on any atom is -0.362 e. The smallest absolute Gasteiger partial charge is 0.125 e. The topological polar surface area (TPSA) is 50.5 Å². The van der Waals surface area contributed by atoms with E-state index in [1.54, 1.807) is 0 Å². The summed E-state index contributed by atoms with van der Waals surface area (Å²) in [5.41, 5.74) is 0. The van der Waals surface area contributed by atoms with Crippen molar-refractivity contribution in [1.82, 2.24) is 10.3 Å². The van der Waals surface area contributed by atoms with Gasteiger partial charge in [-0.15, -0.1) is 0 Å². The number of unbranched alkanes of at least 4 members (excludes halogenated alkanes) is 1. The van der Waals surface area contributed by atoms with E-state index in [1.165, 1.54) is 6.42 Å². The van der Waals surface area contributed by atoms with Crippen molar-refractivity contribution in [2.75, 3.05) is 19.7 Å². The van der Waals surface area contributed by atoms with Gasteiger partial charge in [-0.1, -0.05) is 27.2 Å². The van der Waals surface area contributed by atoms with Crippen LogP contribution in [0, 0.1) is 5.92 Å². The molecule has 2 atom stereocenters. The predicted molar refractivity (Wildman–Crippen MR) is 62.2 cm³/mol. The normalized spacial score (nSPS) is 28.6. The van der Waals surface area contributed by atoms with E-state index >= 15 is 0 Å². The fourth-order valence-corrected chi connectivity index (χ4v) is 2.02. The summed E-state index contributed by atoms with van der Waals surface area (Å²) in [4.78, 5) is 0. The van der Waals surface area contributed by atoms with Crippen LogP contribution in [0.15, 0.2) is 0 Å². The Hall–Kier alpha value is -0.160. The maximum Gasteiger partial charge on any atom is 0.125 e. The number of nitrogens with one attached hydrogen (secondary N) is 1. The number of rotatable bonds is 5. The molecule has 0 saturated carbocycles. The molecule has 15 heavy (non-hydrogen) atoms. The van der Waals surface area contributed by atoms with Gasteiger partial charge in [0, 0.05) is 19.7 Å². The van der Waals surface area contributed by atoms with Crippen molar-refractivity contribution >= 4 is 0 Å². The maximum absolute atomic E-state index is 5.99. The number of hydrogen-bond acceptors (Lipinski definition) is 4. The molecule has 0 bridgehead atoms. The molecule has 0 amide bonds. The lowest BCUT2D eigenvalue weighted by Gasteiger charge is -2.41. The summed E-state index contributed by atoms with van der Waals surface area (Å²) in [5, 5.41) is 5.31. The summed E-state index contributed by atoms with van der Waals surface area (Å²) >= 11 is 0. The fraction of sp³-hybridized carbons (Fsp3) is 1.00. The largest absolute Gasteiger partial charge is 0.362 e. The molecule has 1 heterocycles. The summed E-state index contributed by atoms with van der Waals surface area (Å²) in [6.45, 7) is 9.19.